The summed E-state index contributed by atoms with van der Waals surface area (Å²) in [5, 5.41) is 0. The molecule has 0 aromatic carbocycles. The van der Waals surface area contributed by atoms with Gasteiger partial charge in [-0.3, -0.25) is 0 Å². The van der Waals surface area contributed by atoms with E-state index in [0.29, 0.717) is 0 Å². The van der Waals surface area contributed by atoms with E-state index in [4.69, 9.17) is 0 Å². The fourth-order valence-electron chi connectivity index (χ4n) is 11.2. The van der Waals surface area contributed by atoms with Crippen LogP contribution in [0.25, 0.3) is 0 Å². The van der Waals surface area contributed by atoms with Crippen LogP contribution in [0.2, 0.25) is 0 Å². The molecule has 0 N–H and O–H groups in total. The third-order valence-electron chi connectivity index (χ3n) is 16.3. The summed E-state index contributed by atoms with van der Waals surface area (Å²) < 4.78 is 2.49. The van der Waals surface area contributed by atoms with Crippen molar-refractivity contribution >= 4 is 0 Å². The van der Waals surface area contributed by atoms with Gasteiger partial charge in [-0.15, -0.1) is 0 Å². The average Bonchev–Trinajstić information content (AvgIpc) is 3.34. The number of nitrogens with zero attached hydrogens (tertiary/aromatic N) is 2. The fourth-order valence-corrected chi connectivity index (χ4v) is 11.2. The number of unbranched alkanes of at least 4 members (excludes halogenated alkanes) is 52. The molecule has 0 saturated carbocycles. The Balaban J connectivity index is -0.000000882. The first kappa shape index (κ1) is 79.0. The van der Waals surface area contributed by atoms with Crippen molar-refractivity contribution in [3.8, 4) is 0 Å². The fraction of sp³-hybridized carbons (Fsp3) is 1.00. The first-order valence-electron chi connectivity index (χ1n) is 33.9. The normalized spacial score (nSPS) is 11.7. The molecule has 0 aliphatic carbocycles. The Bertz CT molecular complexity index is 824. The lowest BCUT2D eigenvalue weighted by molar-refractivity contribution is -0.910. The van der Waals surface area contributed by atoms with Gasteiger partial charge in [-0.1, -0.05) is 336 Å². The predicted octanol–water partition coefficient (Wildman–Crippen LogP) is 18.1. The molecule has 0 aromatic rings. The molecule has 0 amide bonds. The average molecular weight is 1060 g/mol. The number of rotatable bonds is 60. The molecule has 0 fully saturated rings. The lowest BCUT2D eigenvalue weighted by atomic mass is 10.0. The van der Waals surface area contributed by atoms with Crippen LogP contribution in [0.4, 0.5) is 0 Å². The summed E-state index contributed by atoms with van der Waals surface area (Å²) in [5.74, 6) is 0. The Morgan fingerprint density at radius 1 is 0.153 bits per heavy atom. The Hall–Kier alpha value is 0.500. The molecule has 72 heavy (non-hydrogen) atoms. The van der Waals surface area contributed by atoms with Gasteiger partial charge in [0.05, 0.1) is 54.4 Å². The summed E-state index contributed by atoms with van der Waals surface area (Å²) in [7, 11) is 9.51. The molecular weight excluding hydrogens is 916 g/mol. The third kappa shape index (κ3) is 72.6. The summed E-state index contributed by atoms with van der Waals surface area (Å²) in [6.07, 6.45) is 82.1. The summed E-state index contributed by atoms with van der Waals surface area (Å²) in [6, 6.07) is 0. The van der Waals surface area contributed by atoms with Crippen molar-refractivity contribution < 1.29 is 33.8 Å². The SMILES string of the molecule is CCCCCCCCCCCCCCCC[N+](C)(C)C.CCCCCCCCCCCCCCCC[N+](C)(CCCCCCCCCCCCCCCC)CCCCCCCCCCCCCCCC.[Cl-].[Cl-]. The molecule has 0 spiro atoms. The molecule has 0 aromatic heterocycles. The zero-order valence-electron chi connectivity index (χ0n) is 52.1. The maximum atomic E-state index is 2.63. The molecule has 0 radical (unpaired) electrons. The summed E-state index contributed by atoms with van der Waals surface area (Å²) in [4.78, 5) is 0. The molecule has 0 aliphatic rings. The van der Waals surface area contributed by atoms with Crippen molar-refractivity contribution in [3.63, 3.8) is 0 Å². The number of hydrogen-bond donors (Lipinski definition) is 0. The lowest BCUT2D eigenvalue weighted by Crippen LogP contribution is -3.00. The molecule has 0 aliphatic heterocycles. The highest BCUT2D eigenvalue weighted by Gasteiger charge is 2.20. The highest BCUT2D eigenvalue weighted by atomic mass is 35.5. The highest BCUT2D eigenvalue weighted by Crippen LogP contribution is 2.20. The molecule has 0 rings (SSSR count). The van der Waals surface area contributed by atoms with Crippen LogP contribution in [0.3, 0.4) is 0 Å². The van der Waals surface area contributed by atoms with Crippen molar-refractivity contribution in [2.24, 2.45) is 0 Å². The number of hydrogen-bond acceptors (Lipinski definition) is 0. The van der Waals surface area contributed by atoms with Crippen LogP contribution in [0.1, 0.15) is 387 Å². The van der Waals surface area contributed by atoms with Gasteiger partial charge in [0.2, 0.25) is 0 Å². The largest absolute Gasteiger partial charge is 1.00 e. The van der Waals surface area contributed by atoms with E-state index in [2.05, 4.69) is 55.9 Å². The van der Waals surface area contributed by atoms with Gasteiger partial charge >= 0.3 is 0 Å². The van der Waals surface area contributed by atoms with Crippen molar-refractivity contribution in [1.29, 1.82) is 0 Å². The number of quaternary nitrogens is 2. The van der Waals surface area contributed by atoms with Crippen LogP contribution >= 0.6 is 0 Å². The van der Waals surface area contributed by atoms with Gasteiger partial charge in [-0.25, -0.2) is 0 Å². The van der Waals surface area contributed by atoms with Crippen molar-refractivity contribution in [2.75, 3.05) is 54.4 Å². The van der Waals surface area contributed by atoms with E-state index in [1.54, 1.807) is 0 Å². The quantitative estimate of drug-likeness (QED) is 0.0421. The van der Waals surface area contributed by atoms with E-state index < -0.39 is 0 Å². The van der Waals surface area contributed by atoms with Crippen LogP contribution in [0.15, 0.2) is 0 Å². The first-order valence-corrected chi connectivity index (χ1v) is 33.9. The summed E-state index contributed by atoms with van der Waals surface area (Å²) in [5.41, 5.74) is 0. The van der Waals surface area contributed by atoms with Crippen molar-refractivity contribution in [1.82, 2.24) is 0 Å². The minimum Gasteiger partial charge on any atom is -1.00 e. The second-order valence-electron chi connectivity index (χ2n) is 25.2. The molecule has 0 bridgehead atoms. The second kappa shape index (κ2) is 67.6. The molecular formula is C68H144Cl2N2. The predicted molar refractivity (Wildman–Crippen MR) is 325 cm³/mol. The lowest BCUT2D eigenvalue weighted by Gasteiger charge is -2.35. The van der Waals surface area contributed by atoms with Crippen LogP contribution in [0, 0.1) is 0 Å². The molecule has 440 valence electrons. The highest BCUT2D eigenvalue weighted by molar-refractivity contribution is 4.55. The molecule has 0 heterocycles. The Labute approximate surface area is 472 Å². The van der Waals surface area contributed by atoms with Gasteiger partial charge in [0.15, 0.2) is 0 Å². The van der Waals surface area contributed by atoms with E-state index >= 15 is 0 Å². The van der Waals surface area contributed by atoms with E-state index in [9.17, 15) is 0 Å². The molecule has 4 heteroatoms. The van der Waals surface area contributed by atoms with E-state index in [1.165, 1.54) is 390 Å². The van der Waals surface area contributed by atoms with Crippen LogP contribution in [-0.4, -0.2) is 63.3 Å². The van der Waals surface area contributed by atoms with Gasteiger partial charge in [0.1, 0.15) is 0 Å². The topological polar surface area (TPSA) is 0 Å². The van der Waals surface area contributed by atoms with Gasteiger partial charge in [0.25, 0.3) is 0 Å². The van der Waals surface area contributed by atoms with Gasteiger partial charge in [-0.05, 0) is 51.4 Å². The van der Waals surface area contributed by atoms with Gasteiger partial charge in [0, 0.05) is 0 Å². The number of halogens is 2. The summed E-state index contributed by atoms with van der Waals surface area (Å²) >= 11 is 0. The van der Waals surface area contributed by atoms with Crippen LogP contribution < -0.4 is 24.8 Å². The minimum atomic E-state index is 0. The van der Waals surface area contributed by atoms with Crippen LogP contribution in [-0.2, 0) is 0 Å². The maximum Gasteiger partial charge on any atom is 0.0784 e. The van der Waals surface area contributed by atoms with Crippen molar-refractivity contribution in [2.45, 2.75) is 387 Å². The molecule has 0 unspecified atom stereocenters. The smallest absolute Gasteiger partial charge is 0.0784 e. The molecule has 2 nitrogen and oxygen atoms in total. The Morgan fingerprint density at radius 3 is 0.389 bits per heavy atom. The van der Waals surface area contributed by atoms with Crippen LogP contribution in [0.5, 0.6) is 0 Å². The zero-order valence-corrected chi connectivity index (χ0v) is 53.6. The minimum absolute atomic E-state index is 0. The third-order valence-corrected chi connectivity index (χ3v) is 16.3. The zero-order chi connectivity index (χ0) is 51.4. The first-order chi connectivity index (χ1) is 34.2. The second-order valence-corrected chi connectivity index (χ2v) is 25.2. The van der Waals surface area contributed by atoms with Crippen molar-refractivity contribution in [3.05, 3.63) is 0 Å². The maximum absolute atomic E-state index is 2.63. The monoisotopic (exact) mass is 1060 g/mol. The van der Waals surface area contributed by atoms with Gasteiger partial charge in [-0.2, -0.15) is 0 Å². The van der Waals surface area contributed by atoms with E-state index in [0.717, 1.165) is 4.48 Å². The summed E-state index contributed by atoms with van der Waals surface area (Å²) in [6.45, 7) is 14.9. The Kier molecular flexibility index (Phi) is 74.2. The molecule has 0 atom stereocenters. The van der Waals surface area contributed by atoms with Gasteiger partial charge < -0.3 is 33.8 Å². The molecule has 0 saturated heterocycles. The van der Waals surface area contributed by atoms with E-state index in [1.807, 2.05) is 0 Å². The van der Waals surface area contributed by atoms with E-state index in [-0.39, 0.29) is 24.8 Å². The standard InChI is InChI=1S/C49H102N.C19H42N.2ClH/c1-5-8-11-14-17-20-23-26-29-32-35-38-41-44-47-50(4,48-45-42-39-36-33-30-27-24-21-18-15-12-9-6-2)49-46-43-40-37-34-31-28-25-22-19-16-13-10-7-3;1-5-6-7-8-9-10-11-12-13-14-15-16-17-18-19-20(2,3)4;;/h5-49H2,1-4H3;5-19H2,1-4H3;2*1H/q2*+1;;/p-2. The Morgan fingerprint density at radius 2 is 0.264 bits per heavy atom.